The maximum Gasteiger partial charge on any atom is 0.262 e. The normalized spacial score (nSPS) is 22.7. The zero-order chi connectivity index (χ0) is 22.6. The molecule has 0 radical (unpaired) electrons. The third kappa shape index (κ3) is 3.27. The molecule has 1 aromatic carbocycles. The van der Waals surface area contributed by atoms with Gasteiger partial charge in [-0.25, -0.2) is 0 Å². The van der Waals surface area contributed by atoms with E-state index in [1.54, 1.807) is 36.4 Å². The molecule has 1 fully saturated rings. The Morgan fingerprint density at radius 2 is 1.62 bits per heavy atom. The van der Waals surface area contributed by atoms with Crippen LogP contribution in [0.4, 0.5) is 0 Å². The third-order valence-corrected chi connectivity index (χ3v) is 6.91. The number of benzene rings is 1. The minimum absolute atomic E-state index is 0.000635. The van der Waals surface area contributed by atoms with Crippen molar-refractivity contribution in [3.05, 3.63) is 69.6 Å². The van der Waals surface area contributed by atoms with E-state index < -0.39 is 17.9 Å². The van der Waals surface area contributed by atoms with Gasteiger partial charge in [-0.1, -0.05) is 32.0 Å². The maximum atomic E-state index is 13.8. The lowest BCUT2D eigenvalue weighted by molar-refractivity contribution is -0.138. The molecule has 7 heteroatoms. The highest BCUT2D eigenvalue weighted by molar-refractivity contribution is 6.22. The average molecular weight is 434 g/mol. The lowest BCUT2D eigenvalue weighted by atomic mass is 9.82. The number of hydrogen-bond acceptors (Lipinski definition) is 4. The molecule has 0 spiro atoms. The molecule has 32 heavy (non-hydrogen) atoms. The van der Waals surface area contributed by atoms with Gasteiger partial charge in [-0.15, -0.1) is 0 Å². The highest BCUT2D eigenvalue weighted by Gasteiger charge is 2.45. The van der Waals surface area contributed by atoms with Crippen molar-refractivity contribution in [3.8, 4) is 0 Å². The second-order valence-electron chi connectivity index (χ2n) is 9.61. The van der Waals surface area contributed by atoms with Crippen LogP contribution in [0, 0.1) is 11.8 Å². The summed E-state index contributed by atoms with van der Waals surface area (Å²) in [4.78, 5) is 55.3. The number of piperidine rings is 1. The van der Waals surface area contributed by atoms with Gasteiger partial charge in [0.15, 0.2) is 0 Å². The number of hydrogen-bond donors (Lipinski definition) is 0. The van der Waals surface area contributed by atoms with Crippen LogP contribution in [0.15, 0.2) is 47.3 Å². The van der Waals surface area contributed by atoms with Crippen molar-refractivity contribution in [2.24, 2.45) is 11.8 Å². The van der Waals surface area contributed by atoms with Gasteiger partial charge in [-0.2, -0.15) is 0 Å². The molecule has 7 nitrogen and oxygen atoms in total. The second-order valence-corrected chi connectivity index (χ2v) is 9.61. The SMILES string of the molecule is CC(C)C[C@@H](C(=O)N1C[C@@H]2C[C@@H](C1)c1cccc(=O)n1C2)N1C(=O)c2ccccc2C1=O. The van der Waals surface area contributed by atoms with Crippen LogP contribution in [0.3, 0.4) is 0 Å². The van der Waals surface area contributed by atoms with Crippen molar-refractivity contribution in [2.75, 3.05) is 13.1 Å². The average Bonchev–Trinajstić information content (AvgIpc) is 3.02. The van der Waals surface area contributed by atoms with Crippen LogP contribution in [-0.2, 0) is 11.3 Å². The fourth-order valence-corrected chi connectivity index (χ4v) is 5.54. The number of rotatable bonds is 4. The highest BCUT2D eigenvalue weighted by Crippen LogP contribution is 2.36. The van der Waals surface area contributed by atoms with Gasteiger partial charge in [-0.3, -0.25) is 24.1 Å². The predicted octanol–water partition coefficient (Wildman–Crippen LogP) is 2.50. The van der Waals surface area contributed by atoms with Gasteiger partial charge in [0.2, 0.25) is 5.91 Å². The molecule has 0 N–H and O–H groups in total. The van der Waals surface area contributed by atoms with Crippen LogP contribution < -0.4 is 5.56 Å². The summed E-state index contributed by atoms with van der Waals surface area (Å²) in [7, 11) is 0. The van der Waals surface area contributed by atoms with E-state index in [9.17, 15) is 19.2 Å². The molecule has 5 rings (SSSR count). The summed E-state index contributed by atoms with van der Waals surface area (Å²) in [5, 5.41) is 0. The molecule has 166 valence electrons. The number of likely N-dealkylation sites (tertiary alicyclic amines) is 1. The Hall–Kier alpha value is -3.22. The number of imide groups is 1. The number of carbonyl (C=O) groups is 3. The fourth-order valence-electron chi connectivity index (χ4n) is 5.54. The molecule has 1 aromatic heterocycles. The van der Waals surface area contributed by atoms with Gasteiger partial charge in [0.05, 0.1) is 11.1 Å². The van der Waals surface area contributed by atoms with Crippen molar-refractivity contribution in [3.63, 3.8) is 0 Å². The van der Waals surface area contributed by atoms with Gasteiger partial charge in [0.25, 0.3) is 17.4 Å². The van der Waals surface area contributed by atoms with E-state index >= 15 is 0 Å². The molecular weight excluding hydrogens is 406 g/mol. The molecule has 3 atom stereocenters. The molecule has 3 amide bonds. The quantitative estimate of drug-likeness (QED) is 0.694. The Bertz CT molecular complexity index is 1130. The Balaban J connectivity index is 1.45. The molecule has 3 aliphatic rings. The first-order chi connectivity index (χ1) is 15.3. The van der Waals surface area contributed by atoms with E-state index in [0.717, 1.165) is 12.1 Å². The Labute approximate surface area is 186 Å². The molecule has 4 heterocycles. The minimum atomic E-state index is -0.820. The van der Waals surface area contributed by atoms with Crippen LogP contribution in [0.2, 0.25) is 0 Å². The lowest BCUT2D eigenvalue weighted by Crippen LogP contribution is -2.56. The van der Waals surface area contributed by atoms with Gasteiger partial charge in [-0.05, 0) is 42.9 Å². The standard InChI is InChI=1S/C25H27N3O4/c1-15(2)10-21(28-23(30)18-6-3-4-7-19(18)24(28)31)25(32)26-12-16-11-17(14-26)20-8-5-9-22(29)27(20)13-16/h3-9,15-17,21H,10-14H2,1-2H3/t16-,17-,21-/m0/s1. The fraction of sp³-hybridized carbons (Fsp3) is 0.440. The summed E-state index contributed by atoms with van der Waals surface area (Å²) >= 11 is 0. The Kier molecular flexibility index (Phi) is 4.99. The van der Waals surface area contributed by atoms with Crippen molar-refractivity contribution in [1.82, 2.24) is 14.4 Å². The largest absolute Gasteiger partial charge is 0.340 e. The molecule has 2 bridgehead atoms. The van der Waals surface area contributed by atoms with Gasteiger partial charge >= 0.3 is 0 Å². The number of nitrogens with zero attached hydrogens (tertiary/aromatic N) is 3. The zero-order valence-electron chi connectivity index (χ0n) is 18.4. The number of amides is 3. The smallest absolute Gasteiger partial charge is 0.262 e. The lowest BCUT2D eigenvalue weighted by Gasteiger charge is -2.44. The van der Waals surface area contributed by atoms with Gasteiger partial charge in [0.1, 0.15) is 6.04 Å². The topological polar surface area (TPSA) is 79.7 Å². The Morgan fingerprint density at radius 3 is 2.28 bits per heavy atom. The number of carbonyl (C=O) groups excluding carboxylic acids is 3. The third-order valence-electron chi connectivity index (χ3n) is 6.91. The predicted molar refractivity (Wildman–Crippen MR) is 118 cm³/mol. The summed E-state index contributed by atoms with van der Waals surface area (Å²) in [6, 6.07) is 11.3. The number of aromatic nitrogens is 1. The highest BCUT2D eigenvalue weighted by atomic mass is 16.2. The summed E-state index contributed by atoms with van der Waals surface area (Å²) in [6.07, 6.45) is 1.36. The van der Waals surface area contributed by atoms with Crippen molar-refractivity contribution in [2.45, 2.75) is 45.2 Å². The molecule has 3 aliphatic heterocycles. The summed E-state index contributed by atoms with van der Waals surface area (Å²) in [6.45, 7) is 5.61. The first kappa shape index (κ1) is 20.7. The first-order valence-corrected chi connectivity index (χ1v) is 11.3. The van der Waals surface area contributed by atoms with E-state index in [2.05, 4.69) is 0 Å². The van der Waals surface area contributed by atoms with Gasteiger partial charge < -0.3 is 9.47 Å². The van der Waals surface area contributed by atoms with Crippen LogP contribution in [-0.4, -0.2) is 51.2 Å². The van der Waals surface area contributed by atoms with Crippen molar-refractivity contribution >= 4 is 17.7 Å². The van der Waals surface area contributed by atoms with Crippen molar-refractivity contribution in [1.29, 1.82) is 0 Å². The van der Waals surface area contributed by atoms with Crippen LogP contribution in [0.25, 0.3) is 0 Å². The summed E-state index contributed by atoms with van der Waals surface area (Å²) in [5.41, 5.74) is 1.69. The minimum Gasteiger partial charge on any atom is -0.340 e. The van der Waals surface area contributed by atoms with Crippen LogP contribution >= 0.6 is 0 Å². The molecule has 1 saturated heterocycles. The molecule has 2 aromatic rings. The Morgan fingerprint density at radius 1 is 0.938 bits per heavy atom. The van der Waals surface area contributed by atoms with Gasteiger partial charge in [0, 0.05) is 37.3 Å². The van der Waals surface area contributed by atoms with E-state index in [1.807, 2.05) is 29.4 Å². The monoisotopic (exact) mass is 433 g/mol. The molecule has 0 aliphatic carbocycles. The van der Waals surface area contributed by atoms with E-state index in [1.165, 1.54) is 4.90 Å². The molecule has 0 saturated carbocycles. The molecular formula is C25H27N3O4. The maximum absolute atomic E-state index is 13.8. The van der Waals surface area contributed by atoms with Crippen molar-refractivity contribution < 1.29 is 14.4 Å². The van der Waals surface area contributed by atoms with Crippen LogP contribution in [0.5, 0.6) is 0 Å². The summed E-state index contributed by atoms with van der Waals surface area (Å²) < 4.78 is 1.83. The van der Waals surface area contributed by atoms with E-state index in [-0.39, 0.29) is 29.2 Å². The summed E-state index contributed by atoms with van der Waals surface area (Å²) in [5.74, 6) is -0.543. The number of pyridine rings is 1. The second kappa shape index (κ2) is 7.73. The van der Waals surface area contributed by atoms with E-state index in [4.69, 9.17) is 0 Å². The zero-order valence-corrected chi connectivity index (χ0v) is 18.4. The van der Waals surface area contributed by atoms with E-state index in [0.29, 0.717) is 37.2 Å². The first-order valence-electron chi connectivity index (χ1n) is 11.3. The number of fused-ring (bicyclic) bond motifs is 5. The molecule has 0 unspecified atom stereocenters. The van der Waals surface area contributed by atoms with Crippen LogP contribution in [0.1, 0.15) is 59.0 Å².